The quantitative estimate of drug-likeness (QED) is 0.753. The highest BCUT2D eigenvalue weighted by Crippen LogP contribution is 2.49. The van der Waals surface area contributed by atoms with Crippen molar-refractivity contribution in [3.8, 4) is 11.5 Å². The van der Waals surface area contributed by atoms with E-state index in [-0.39, 0.29) is 11.2 Å². The van der Waals surface area contributed by atoms with Crippen LogP contribution in [0.5, 0.6) is 11.5 Å². The number of rotatable bonds is 7. The number of methoxy groups -OCH3 is 1. The van der Waals surface area contributed by atoms with Crippen molar-refractivity contribution in [3.63, 3.8) is 0 Å². The van der Waals surface area contributed by atoms with Gasteiger partial charge >= 0.3 is 0 Å². The monoisotopic (exact) mass is 331 g/mol. The molecule has 2 unspecified atom stereocenters. The van der Waals surface area contributed by atoms with Crippen molar-refractivity contribution in [1.29, 1.82) is 0 Å². The first-order valence-corrected chi connectivity index (χ1v) is 9.05. The maximum absolute atomic E-state index is 11.0. The molecule has 0 heterocycles. The Balaban J connectivity index is 1.95. The van der Waals surface area contributed by atoms with Crippen LogP contribution in [0.15, 0.2) is 12.1 Å². The SMILES string of the molecule is COc1ccc2c(c1O)C(C)(C)C(CCC=O)C(NCC1CC1)C2. The summed E-state index contributed by atoms with van der Waals surface area (Å²) in [6, 6.07) is 4.28. The molecule has 0 radical (unpaired) electrons. The van der Waals surface area contributed by atoms with Crippen molar-refractivity contribution in [2.75, 3.05) is 13.7 Å². The van der Waals surface area contributed by atoms with Gasteiger partial charge < -0.3 is 20.0 Å². The molecule has 1 fully saturated rings. The normalized spacial score (nSPS) is 25.1. The summed E-state index contributed by atoms with van der Waals surface area (Å²) < 4.78 is 5.31. The number of fused-ring (bicyclic) bond motifs is 1. The summed E-state index contributed by atoms with van der Waals surface area (Å²) in [5.74, 6) is 1.93. The van der Waals surface area contributed by atoms with Crippen molar-refractivity contribution < 1.29 is 14.6 Å². The zero-order chi connectivity index (χ0) is 17.3. The van der Waals surface area contributed by atoms with Crippen LogP contribution in [0.4, 0.5) is 0 Å². The summed E-state index contributed by atoms with van der Waals surface area (Å²) in [7, 11) is 1.58. The van der Waals surface area contributed by atoms with E-state index in [0.717, 1.165) is 37.2 Å². The van der Waals surface area contributed by atoms with Crippen molar-refractivity contribution in [1.82, 2.24) is 5.32 Å². The fourth-order valence-corrected chi connectivity index (χ4v) is 4.40. The highest BCUT2D eigenvalue weighted by Gasteiger charge is 2.44. The number of phenols is 1. The third kappa shape index (κ3) is 3.16. The fourth-order valence-electron chi connectivity index (χ4n) is 4.40. The maximum atomic E-state index is 11.0. The van der Waals surface area contributed by atoms with Gasteiger partial charge in [0.05, 0.1) is 7.11 Å². The molecule has 0 aliphatic heterocycles. The van der Waals surface area contributed by atoms with Gasteiger partial charge in [0.15, 0.2) is 11.5 Å². The summed E-state index contributed by atoms with van der Waals surface area (Å²) in [6.07, 6.45) is 5.97. The maximum Gasteiger partial charge on any atom is 0.161 e. The van der Waals surface area contributed by atoms with Gasteiger partial charge in [-0.15, -0.1) is 0 Å². The van der Waals surface area contributed by atoms with Gasteiger partial charge in [-0.2, -0.15) is 0 Å². The summed E-state index contributed by atoms with van der Waals surface area (Å²) in [5.41, 5.74) is 1.97. The Morgan fingerprint density at radius 1 is 1.38 bits per heavy atom. The fraction of sp³-hybridized carbons (Fsp3) is 0.650. The van der Waals surface area contributed by atoms with E-state index in [1.807, 2.05) is 6.07 Å². The second-order valence-electron chi connectivity index (χ2n) is 7.88. The van der Waals surface area contributed by atoms with E-state index < -0.39 is 0 Å². The Labute approximate surface area is 144 Å². The molecule has 2 N–H and O–H groups in total. The molecule has 4 nitrogen and oxygen atoms in total. The van der Waals surface area contributed by atoms with Crippen LogP contribution in [0.3, 0.4) is 0 Å². The highest BCUT2D eigenvalue weighted by atomic mass is 16.5. The number of carbonyl (C=O) groups is 1. The van der Waals surface area contributed by atoms with Gasteiger partial charge in [0.1, 0.15) is 6.29 Å². The first kappa shape index (κ1) is 17.3. The zero-order valence-electron chi connectivity index (χ0n) is 15.0. The third-order valence-corrected chi connectivity index (χ3v) is 5.91. The van der Waals surface area contributed by atoms with Crippen LogP contribution in [0.1, 0.15) is 50.7 Å². The molecule has 0 spiro atoms. The lowest BCUT2D eigenvalue weighted by Gasteiger charge is -2.46. The summed E-state index contributed by atoms with van der Waals surface area (Å²) >= 11 is 0. The minimum Gasteiger partial charge on any atom is -0.504 e. The van der Waals surface area contributed by atoms with E-state index in [4.69, 9.17) is 4.74 Å². The van der Waals surface area contributed by atoms with Gasteiger partial charge in [-0.05, 0) is 61.1 Å². The first-order valence-electron chi connectivity index (χ1n) is 9.05. The molecule has 1 aromatic rings. The van der Waals surface area contributed by atoms with Crippen LogP contribution < -0.4 is 10.1 Å². The Hall–Kier alpha value is -1.55. The molecule has 3 rings (SSSR count). The second kappa shape index (κ2) is 6.75. The van der Waals surface area contributed by atoms with Gasteiger partial charge in [-0.1, -0.05) is 19.9 Å². The minimum absolute atomic E-state index is 0.212. The number of aldehydes is 1. The van der Waals surface area contributed by atoms with Gasteiger partial charge in [0.2, 0.25) is 0 Å². The molecule has 0 bridgehead atoms. The summed E-state index contributed by atoms with van der Waals surface area (Å²) in [4.78, 5) is 11.0. The van der Waals surface area contributed by atoms with Crippen LogP contribution in [0.25, 0.3) is 0 Å². The van der Waals surface area contributed by atoms with E-state index in [0.29, 0.717) is 24.1 Å². The Kier molecular flexibility index (Phi) is 4.86. The molecule has 2 aliphatic carbocycles. The van der Waals surface area contributed by atoms with E-state index in [2.05, 4.69) is 25.2 Å². The standard InChI is InChI=1S/C20H29NO3/c1-20(2)15(5-4-10-22)16(21-12-13-6-7-13)11-14-8-9-17(24-3)19(23)18(14)20/h8-10,13,15-16,21,23H,4-7,11-12H2,1-3H3. The van der Waals surface area contributed by atoms with Crippen molar-refractivity contribution in [2.24, 2.45) is 11.8 Å². The molecular weight excluding hydrogens is 302 g/mol. The molecule has 0 saturated heterocycles. The molecule has 24 heavy (non-hydrogen) atoms. The molecule has 0 amide bonds. The lowest BCUT2D eigenvalue weighted by Crippen LogP contribution is -2.50. The van der Waals surface area contributed by atoms with E-state index in [9.17, 15) is 9.90 Å². The Bertz CT molecular complexity index is 607. The van der Waals surface area contributed by atoms with Crippen molar-refractivity contribution in [3.05, 3.63) is 23.3 Å². The van der Waals surface area contributed by atoms with E-state index >= 15 is 0 Å². The second-order valence-corrected chi connectivity index (χ2v) is 7.88. The predicted octanol–water partition coefficient (Wildman–Crippen LogP) is 3.20. The van der Waals surface area contributed by atoms with Crippen LogP contribution in [0, 0.1) is 11.8 Å². The first-order chi connectivity index (χ1) is 11.5. The summed E-state index contributed by atoms with van der Waals surface area (Å²) in [6.45, 7) is 5.44. The lowest BCUT2D eigenvalue weighted by molar-refractivity contribution is -0.108. The number of carbonyl (C=O) groups excluding carboxylic acids is 1. The summed E-state index contributed by atoms with van der Waals surface area (Å²) in [5, 5.41) is 14.5. The molecule has 1 saturated carbocycles. The van der Waals surface area contributed by atoms with Gasteiger partial charge in [0.25, 0.3) is 0 Å². The van der Waals surface area contributed by atoms with Gasteiger partial charge in [-0.25, -0.2) is 0 Å². The molecule has 2 atom stereocenters. The topological polar surface area (TPSA) is 58.6 Å². The number of nitrogens with one attached hydrogen (secondary N) is 1. The lowest BCUT2D eigenvalue weighted by atomic mass is 9.61. The average Bonchev–Trinajstić information content (AvgIpc) is 3.36. The zero-order valence-corrected chi connectivity index (χ0v) is 15.0. The minimum atomic E-state index is -0.212. The van der Waals surface area contributed by atoms with Crippen molar-refractivity contribution >= 4 is 6.29 Å². The highest BCUT2D eigenvalue weighted by molar-refractivity contribution is 5.55. The number of phenolic OH excluding ortho intramolecular Hbond substituents is 1. The van der Waals surface area contributed by atoms with Crippen LogP contribution >= 0.6 is 0 Å². The molecule has 0 aromatic heterocycles. The predicted molar refractivity (Wildman–Crippen MR) is 94.7 cm³/mol. The smallest absolute Gasteiger partial charge is 0.161 e. The van der Waals surface area contributed by atoms with Crippen LogP contribution in [-0.4, -0.2) is 31.1 Å². The molecule has 4 heteroatoms. The number of benzene rings is 1. The Morgan fingerprint density at radius 3 is 2.75 bits per heavy atom. The molecular formula is C20H29NO3. The van der Waals surface area contributed by atoms with E-state index in [1.54, 1.807) is 7.11 Å². The average molecular weight is 331 g/mol. The molecule has 132 valence electrons. The number of hydrogen-bond acceptors (Lipinski definition) is 4. The largest absolute Gasteiger partial charge is 0.504 e. The number of hydrogen-bond donors (Lipinski definition) is 2. The Morgan fingerprint density at radius 2 is 2.12 bits per heavy atom. The van der Waals surface area contributed by atoms with Crippen LogP contribution in [0.2, 0.25) is 0 Å². The number of ether oxygens (including phenoxy) is 1. The van der Waals surface area contributed by atoms with Gasteiger partial charge in [0, 0.05) is 18.0 Å². The van der Waals surface area contributed by atoms with Gasteiger partial charge in [-0.3, -0.25) is 0 Å². The molecule has 2 aliphatic rings. The number of aromatic hydroxyl groups is 1. The van der Waals surface area contributed by atoms with E-state index in [1.165, 1.54) is 18.4 Å². The third-order valence-electron chi connectivity index (χ3n) is 5.91. The van der Waals surface area contributed by atoms with Crippen LogP contribution in [-0.2, 0) is 16.6 Å². The molecule has 1 aromatic carbocycles. The van der Waals surface area contributed by atoms with Crippen molar-refractivity contribution in [2.45, 2.75) is 57.4 Å².